The van der Waals surface area contributed by atoms with Gasteiger partial charge in [-0.05, 0) is 12.8 Å². The molecule has 0 aliphatic carbocycles. The van der Waals surface area contributed by atoms with Crippen molar-refractivity contribution < 1.29 is 0 Å². The quantitative estimate of drug-likeness (QED) is 0.574. The van der Waals surface area contributed by atoms with Crippen molar-refractivity contribution in [2.24, 2.45) is 5.92 Å². The third-order valence-corrected chi connectivity index (χ3v) is 1.95. The first-order valence-electron chi connectivity index (χ1n) is 4.61. The lowest BCUT2D eigenvalue weighted by atomic mass is 10.0. The van der Waals surface area contributed by atoms with Crippen molar-refractivity contribution in [2.45, 2.75) is 34.6 Å². The molecule has 0 aromatic carbocycles. The molecule has 0 saturated carbocycles. The Kier molecular flexibility index (Phi) is 5.22. The first-order chi connectivity index (χ1) is 5.22. The summed E-state index contributed by atoms with van der Waals surface area (Å²) in [6.45, 7) is 12.9. The van der Waals surface area contributed by atoms with Crippen LogP contribution in [-0.2, 0) is 0 Å². The van der Waals surface area contributed by atoms with E-state index < -0.39 is 0 Å². The van der Waals surface area contributed by atoms with Crippen LogP contribution in [0.2, 0.25) is 0 Å². The van der Waals surface area contributed by atoms with E-state index in [-0.39, 0.29) is 0 Å². The molecule has 0 fully saturated rings. The van der Waals surface area contributed by atoms with Gasteiger partial charge in [0.05, 0.1) is 0 Å². The summed E-state index contributed by atoms with van der Waals surface area (Å²) >= 11 is 0. The zero-order valence-corrected chi connectivity index (χ0v) is 8.49. The summed E-state index contributed by atoms with van der Waals surface area (Å²) in [5, 5.41) is 3.33. The molecule has 11 heavy (non-hydrogen) atoms. The van der Waals surface area contributed by atoms with E-state index in [9.17, 15) is 0 Å². The summed E-state index contributed by atoms with van der Waals surface area (Å²) in [6.07, 6.45) is 0. The SMILES string of the molecule is CC.CC1=C(C(C)C)CNC1. The normalized spacial score (nSPS) is 16.9. The maximum atomic E-state index is 3.33. The molecule has 1 aliphatic heterocycles. The summed E-state index contributed by atoms with van der Waals surface area (Å²) in [5.74, 6) is 0.736. The summed E-state index contributed by atoms with van der Waals surface area (Å²) < 4.78 is 0. The zero-order chi connectivity index (χ0) is 8.85. The standard InChI is InChI=1S/C8H15N.C2H6/c1-6(2)8-5-9-4-7(8)3;1-2/h6,9H,4-5H2,1-3H3;1-2H3. The highest BCUT2D eigenvalue weighted by Crippen LogP contribution is 2.16. The second-order valence-corrected chi connectivity index (χ2v) is 3.06. The summed E-state index contributed by atoms with van der Waals surface area (Å²) in [6, 6.07) is 0. The average molecular weight is 155 g/mol. The van der Waals surface area contributed by atoms with E-state index in [4.69, 9.17) is 0 Å². The van der Waals surface area contributed by atoms with Crippen LogP contribution in [0.15, 0.2) is 11.1 Å². The molecular formula is C10H21N. The molecule has 1 nitrogen and oxygen atoms in total. The number of hydrogen-bond donors (Lipinski definition) is 1. The van der Waals surface area contributed by atoms with Gasteiger partial charge in [-0.3, -0.25) is 0 Å². The average Bonchev–Trinajstić information content (AvgIpc) is 2.39. The Morgan fingerprint density at radius 1 is 1.18 bits per heavy atom. The molecular weight excluding hydrogens is 134 g/mol. The molecule has 0 atom stereocenters. The van der Waals surface area contributed by atoms with Crippen LogP contribution in [0.3, 0.4) is 0 Å². The van der Waals surface area contributed by atoms with Gasteiger partial charge < -0.3 is 5.32 Å². The van der Waals surface area contributed by atoms with E-state index in [0.29, 0.717) is 0 Å². The van der Waals surface area contributed by atoms with Crippen LogP contribution in [0.5, 0.6) is 0 Å². The number of nitrogens with one attached hydrogen (secondary N) is 1. The van der Waals surface area contributed by atoms with E-state index >= 15 is 0 Å². The Morgan fingerprint density at radius 2 is 1.73 bits per heavy atom. The van der Waals surface area contributed by atoms with Crippen LogP contribution in [0.4, 0.5) is 0 Å². The molecule has 0 unspecified atom stereocenters. The molecule has 0 radical (unpaired) electrons. The van der Waals surface area contributed by atoms with Gasteiger partial charge in [0.1, 0.15) is 0 Å². The second-order valence-electron chi connectivity index (χ2n) is 3.06. The molecule has 1 rings (SSSR count). The van der Waals surface area contributed by atoms with Gasteiger partial charge in [-0.1, -0.05) is 38.8 Å². The van der Waals surface area contributed by atoms with E-state index in [1.807, 2.05) is 13.8 Å². The Hall–Kier alpha value is -0.300. The second kappa shape index (κ2) is 5.36. The van der Waals surface area contributed by atoms with Gasteiger partial charge in [0.25, 0.3) is 0 Å². The van der Waals surface area contributed by atoms with Crippen LogP contribution < -0.4 is 5.32 Å². The Labute approximate surface area is 70.9 Å². The van der Waals surface area contributed by atoms with Crippen molar-refractivity contribution in [3.05, 3.63) is 11.1 Å². The van der Waals surface area contributed by atoms with Crippen molar-refractivity contribution in [2.75, 3.05) is 13.1 Å². The Morgan fingerprint density at radius 3 is 1.91 bits per heavy atom. The van der Waals surface area contributed by atoms with Gasteiger partial charge in [0.15, 0.2) is 0 Å². The van der Waals surface area contributed by atoms with Gasteiger partial charge in [0, 0.05) is 13.1 Å². The predicted octanol–water partition coefficient (Wildman–Crippen LogP) is 2.59. The lowest BCUT2D eigenvalue weighted by molar-refractivity contribution is 0.729. The van der Waals surface area contributed by atoms with Crippen LogP contribution in [0, 0.1) is 5.92 Å². The van der Waals surface area contributed by atoms with Crippen molar-refractivity contribution in [3.8, 4) is 0 Å². The van der Waals surface area contributed by atoms with Crippen molar-refractivity contribution in [3.63, 3.8) is 0 Å². The van der Waals surface area contributed by atoms with Gasteiger partial charge >= 0.3 is 0 Å². The molecule has 0 amide bonds. The van der Waals surface area contributed by atoms with Crippen molar-refractivity contribution in [1.29, 1.82) is 0 Å². The summed E-state index contributed by atoms with van der Waals surface area (Å²) in [5.41, 5.74) is 3.15. The molecule has 1 aliphatic rings. The molecule has 0 aromatic heterocycles. The molecule has 1 heterocycles. The maximum absolute atomic E-state index is 3.33. The van der Waals surface area contributed by atoms with Crippen molar-refractivity contribution >= 4 is 0 Å². The van der Waals surface area contributed by atoms with E-state index in [2.05, 4.69) is 26.1 Å². The minimum absolute atomic E-state index is 0.736. The predicted molar refractivity (Wildman–Crippen MR) is 51.8 cm³/mol. The van der Waals surface area contributed by atoms with E-state index in [0.717, 1.165) is 19.0 Å². The van der Waals surface area contributed by atoms with Crippen LogP contribution >= 0.6 is 0 Å². The molecule has 1 N–H and O–H groups in total. The topological polar surface area (TPSA) is 12.0 Å². The van der Waals surface area contributed by atoms with Gasteiger partial charge in [-0.2, -0.15) is 0 Å². The maximum Gasteiger partial charge on any atom is 0.0173 e. The first-order valence-corrected chi connectivity index (χ1v) is 4.61. The number of hydrogen-bond acceptors (Lipinski definition) is 1. The Bertz CT molecular complexity index is 134. The van der Waals surface area contributed by atoms with Gasteiger partial charge in [-0.25, -0.2) is 0 Å². The molecule has 0 saturated heterocycles. The van der Waals surface area contributed by atoms with E-state index in [1.165, 1.54) is 0 Å². The highest BCUT2D eigenvalue weighted by atomic mass is 14.9. The van der Waals surface area contributed by atoms with Crippen LogP contribution in [-0.4, -0.2) is 13.1 Å². The number of rotatable bonds is 1. The zero-order valence-electron chi connectivity index (χ0n) is 8.49. The molecule has 0 aromatic rings. The third-order valence-electron chi connectivity index (χ3n) is 1.95. The Balaban J connectivity index is 0.000000461. The van der Waals surface area contributed by atoms with Crippen LogP contribution in [0.25, 0.3) is 0 Å². The summed E-state index contributed by atoms with van der Waals surface area (Å²) in [4.78, 5) is 0. The van der Waals surface area contributed by atoms with Crippen LogP contribution in [0.1, 0.15) is 34.6 Å². The molecule has 0 spiro atoms. The largest absolute Gasteiger partial charge is 0.309 e. The smallest absolute Gasteiger partial charge is 0.0173 e. The van der Waals surface area contributed by atoms with E-state index in [1.54, 1.807) is 11.1 Å². The van der Waals surface area contributed by atoms with Crippen molar-refractivity contribution in [1.82, 2.24) is 5.32 Å². The molecule has 1 heteroatoms. The molecule has 0 bridgehead atoms. The fourth-order valence-corrected chi connectivity index (χ4v) is 1.35. The highest BCUT2D eigenvalue weighted by molar-refractivity contribution is 5.21. The van der Waals surface area contributed by atoms with Gasteiger partial charge in [0.2, 0.25) is 0 Å². The lowest BCUT2D eigenvalue weighted by Crippen LogP contribution is -2.10. The third kappa shape index (κ3) is 3.06. The van der Waals surface area contributed by atoms with Gasteiger partial charge in [-0.15, -0.1) is 0 Å². The fourth-order valence-electron chi connectivity index (χ4n) is 1.35. The minimum atomic E-state index is 0.736. The lowest BCUT2D eigenvalue weighted by Gasteiger charge is -2.05. The first kappa shape index (κ1) is 10.7. The minimum Gasteiger partial charge on any atom is -0.309 e. The monoisotopic (exact) mass is 155 g/mol. The molecule has 66 valence electrons. The fraction of sp³-hybridized carbons (Fsp3) is 0.800. The summed E-state index contributed by atoms with van der Waals surface area (Å²) in [7, 11) is 0. The highest BCUT2D eigenvalue weighted by Gasteiger charge is 2.11.